The number of para-hydroxylation sites is 1. The van der Waals surface area contributed by atoms with Crippen LogP contribution in [0.3, 0.4) is 0 Å². The number of hydrogen-bond acceptors (Lipinski definition) is 3. The van der Waals surface area contributed by atoms with E-state index in [4.69, 9.17) is 0 Å². The molecule has 1 aromatic heterocycles. The summed E-state index contributed by atoms with van der Waals surface area (Å²) in [4.78, 5) is 16.6. The van der Waals surface area contributed by atoms with Gasteiger partial charge in [0.25, 0.3) is 0 Å². The molecule has 0 aliphatic carbocycles. The van der Waals surface area contributed by atoms with Crippen molar-refractivity contribution >= 4 is 17.7 Å². The zero-order chi connectivity index (χ0) is 16.3. The smallest absolute Gasteiger partial charge is 0.233 e. The molecule has 1 unspecified atom stereocenters. The number of nitrogens with zero attached hydrogens (tertiary/aromatic N) is 2. The number of aromatic nitrogens is 2. The molecule has 0 saturated carbocycles. The predicted octanol–water partition coefficient (Wildman–Crippen LogP) is 3.58. The minimum absolute atomic E-state index is 0.0248. The zero-order valence-corrected chi connectivity index (χ0v) is 14.6. The van der Waals surface area contributed by atoms with E-state index in [1.807, 2.05) is 50.6 Å². The maximum atomic E-state index is 12.2. The van der Waals surface area contributed by atoms with Crippen molar-refractivity contribution in [3.63, 3.8) is 0 Å². The van der Waals surface area contributed by atoms with Gasteiger partial charge < -0.3 is 5.32 Å². The van der Waals surface area contributed by atoms with Gasteiger partial charge in [-0.2, -0.15) is 0 Å². The normalized spacial score (nSPS) is 13.0. The fourth-order valence-electron chi connectivity index (χ4n) is 2.08. The fraction of sp³-hybridized carbons (Fsp3) is 0.412. The number of imidazole rings is 1. The molecule has 1 aromatic carbocycles. The molecule has 0 bridgehead atoms. The highest BCUT2D eigenvalue weighted by molar-refractivity contribution is 8.00. The molecule has 0 fully saturated rings. The number of carbonyl (C=O) groups is 1. The first-order valence-corrected chi connectivity index (χ1v) is 8.24. The maximum Gasteiger partial charge on any atom is 0.233 e. The Morgan fingerprint density at radius 2 is 2.00 bits per heavy atom. The highest BCUT2D eigenvalue weighted by atomic mass is 32.2. The van der Waals surface area contributed by atoms with Crippen LogP contribution in [0.5, 0.6) is 0 Å². The van der Waals surface area contributed by atoms with Crippen molar-refractivity contribution in [3.05, 3.63) is 42.2 Å². The highest BCUT2D eigenvalue weighted by Crippen LogP contribution is 2.26. The van der Waals surface area contributed by atoms with E-state index in [9.17, 15) is 4.79 Å². The summed E-state index contributed by atoms with van der Waals surface area (Å²) in [5.41, 5.74) is 2.04. The van der Waals surface area contributed by atoms with Gasteiger partial charge in [0.15, 0.2) is 5.16 Å². The quantitative estimate of drug-likeness (QED) is 0.877. The lowest BCUT2D eigenvalue weighted by atomic mass is 10.1. The number of benzene rings is 1. The topological polar surface area (TPSA) is 46.9 Å². The Kier molecular flexibility index (Phi) is 4.96. The number of hydrogen-bond donors (Lipinski definition) is 1. The van der Waals surface area contributed by atoms with Crippen molar-refractivity contribution < 1.29 is 4.79 Å². The monoisotopic (exact) mass is 317 g/mol. The number of aryl methyl sites for hydroxylation is 1. The second kappa shape index (κ2) is 6.57. The second-order valence-electron chi connectivity index (χ2n) is 6.37. The van der Waals surface area contributed by atoms with Gasteiger partial charge in [-0.15, -0.1) is 0 Å². The summed E-state index contributed by atoms with van der Waals surface area (Å²) < 4.78 is 2.03. The fourth-order valence-corrected chi connectivity index (χ4v) is 2.95. The summed E-state index contributed by atoms with van der Waals surface area (Å²) in [6.07, 6.45) is 3.70. The zero-order valence-electron chi connectivity index (χ0n) is 13.8. The molecule has 0 radical (unpaired) electrons. The van der Waals surface area contributed by atoms with Gasteiger partial charge in [0, 0.05) is 17.9 Å². The van der Waals surface area contributed by atoms with Crippen molar-refractivity contribution in [2.24, 2.45) is 0 Å². The summed E-state index contributed by atoms with van der Waals surface area (Å²) in [6, 6.07) is 8.15. The van der Waals surface area contributed by atoms with Gasteiger partial charge >= 0.3 is 0 Å². The third kappa shape index (κ3) is 4.13. The van der Waals surface area contributed by atoms with Gasteiger partial charge in [0.1, 0.15) is 0 Å². The largest absolute Gasteiger partial charge is 0.351 e. The number of carbonyl (C=O) groups excluding carboxylic acids is 1. The van der Waals surface area contributed by atoms with Crippen LogP contribution in [-0.2, 0) is 4.79 Å². The Labute approximate surface area is 136 Å². The standard InChI is InChI=1S/C17H23N3OS/c1-12-8-6-7-9-14(12)20-11-10-18-16(20)22-13(2)15(21)19-17(3,4)5/h6-11,13H,1-5H3,(H,19,21). The molecule has 1 atom stereocenters. The molecule has 1 heterocycles. The third-order valence-corrected chi connectivity index (χ3v) is 4.21. The second-order valence-corrected chi connectivity index (χ2v) is 7.67. The summed E-state index contributed by atoms with van der Waals surface area (Å²) in [5.74, 6) is 0.0248. The van der Waals surface area contributed by atoms with Crippen LogP contribution in [0.2, 0.25) is 0 Å². The molecule has 1 amide bonds. The minimum atomic E-state index is -0.225. The summed E-state index contributed by atoms with van der Waals surface area (Å²) in [6.45, 7) is 9.92. The highest BCUT2D eigenvalue weighted by Gasteiger charge is 2.22. The van der Waals surface area contributed by atoms with Gasteiger partial charge in [0.05, 0.1) is 10.9 Å². The van der Waals surface area contributed by atoms with E-state index in [0.717, 1.165) is 10.8 Å². The van der Waals surface area contributed by atoms with Crippen LogP contribution in [0.15, 0.2) is 41.8 Å². The van der Waals surface area contributed by atoms with Crippen molar-refractivity contribution in [1.82, 2.24) is 14.9 Å². The molecule has 0 aliphatic rings. The molecule has 2 rings (SSSR count). The number of nitrogens with one attached hydrogen (secondary N) is 1. The van der Waals surface area contributed by atoms with Gasteiger partial charge in [-0.25, -0.2) is 4.98 Å². The van der Waals surface area contributed by atoms with E-state index < -0.39 is 0 Å². The Bertz CT molecular complexity index is 658. The Hall–Kier alpha value is -1.75. The number of thioether (sulfide) groups is 1. The van der Waals surface area contributed by atoms with Crippen LogP contribution >= 0.6 is 11.8 Å². The van der Waals surface area contributed by atoms with E-state index in [1.165, 1.54) is 17.3 Å². The average molecular weight is 317 g/mol. The summed E-state index contributed by atoms with van der Waals surface area (Å²) in [7, 11) is 0. The van der Waals surface area contributed by atoms with E-state index in [-0.39, 0.29) is 16.7 Å². The maximum absolute atomic E-state index is 12.2. The van der Waals surface area contributed by atoms with Crippen LogP contribution in [0.1, 0.15) is 33.3 Å². The molecular weight excluding hydrogens is 294 g/mol. The van der Waals surface area contributed by atoms with Crippen LogP contribution < -0.4 is 5.32 Å². The lowest BCUT2D eigenvalue weighted by Crippen LogP contribution is -2.44. The minimum Gasteiger partial charge on any atom is -0.351 e. The van der Waals surface area contributed by atoms with Crippen molar-refractivity contribution in [2.45, 2.75) is 50.6 Å². The molecule has 22 heavy (non-hydrogen) atoms. The SMILES string of the molecule is Cc1ccccc1-n1ccnc1SC(C)C(=O)NC(C)(C)C. The summed E-state index contributed by atoms with van der Waals surface area (Å²) >= 11 is 1.47. The van der Waals surface area contributed by atoms with Crippen molar-refractivity contribution in [1.29, 1.82) is 0 Å². The van der Waals surface area contributed by atoms with Crippen molar-refractivity contribution in [3.8, 4) is 5.69 Å². The molecular formula is C17H23N3OS. The predicted molar refractivity (Wildman–Crippen MR) is 91.5 cm³/mol. The molecule has 2 aromatic rings. The Morgan fingerprint density at radius 1 is 1.32 bits per heavy atom. The first kappa shape index (κ1) is 16.6. The summed E-state index contributed by atoms with van der Waals surface area (Å²) in [5, 5.41) is 3.63. The molecule has 0 saturated heterocycles. The van der Waals surface area contributed by atoms with Crippen LogP contribution in [0, 0.1) is 6.92 Å². The van der Waals surface area contributed by atoms with E-state index in [1.54, 1.807) is 6.20 Å². The Morgan fingerprint density at radius 3 is 2.64 bits per heavy atom. The van der Waals surface area contributed by atoms with Gasteiger partial charge in [-0.3, -0.25) is 9.36 Å². The molecule has 0 aliphatic heterocycles. The van der Waals surface area contributed by atoms with E-state index in [0.29, 0.717) is 0 Å². The third-order valence-electron chi connectivity index (χ3n) is 3.13. The van der Waals surface area contributed by atoms with Crippen LogP contribution in [0.4, 0.5) is 0 Å². The van der Waals surface area contributed by atoms with Crippen LogP contribution in [0.25, 0.3) is 5.69 Å². The van der Waals surface area contributed by atoms with Gasteiger partial charge in [-0.05, 0) is 46.2 Å². The van der Waals surface area contributed by atoms with Crippen molar-refractivity contribution in [2.75, 3.05) is 0 Å². The molecule has 0 spiro atoms. The van der Waals surface area contributed by atoms with Gasteiger partial charge in [-0.1, -0.05) is 30.0 Å². The molecule has 1 N–H and O–H groups in total. The number of amides is 1. The first-order chi connectivity index (χ1) is 10.3. The molecule has 118 valence electrons. The lowest BCUT2D eigenvalue weighted by Gasteiger charge is -2.23. The van der Waals surface area contributed by atoms with Crippen LogP contribution in [-0.4, -0.2) is 26.2 Å². The average Bonchev–Trinajstić information content (AvgIpc) is 2.85. The van der Waals surface area contributed by atoms with E-state index in [2.05, 4.69) is 29.4 Å². The lowest BCUT2D eigenvalue weighted by molar-refractivity contribution is -0.121. The number of rotatable bonds is 4. The van der Waals surface area contributed by atoms with E-state index >= 15 is 0 Å². The first-order valence-electron chi connectivity index (χ1n) is 7.36. The molecule has 4 nitrogen and oxygen atoms in total. The molecule has 5 heteroatoms. The Balaban J connectivity index is 2.17. The van der Waals surface area contributed by atoms with Gasteiger partial charge in [0.2, 0.25) is 5.91 Å².